The molecule has 0 spiro atoms. The quantitative estimate of drug-likeness (QED) is 0.712. The summed E-state index contributed by atoms with van der Waals surface area (Å²) < 4.78 is 0. The van der Waals surface area contributed by atoms with Gasteiger partial charge in [-0.1, -0.05) is 29.8 Å². The summed E-state index contributed by atoms with van der Waals surface area (Å²) in [6, 6.07) is 9.86. The minimum Gasteiger partial charge on any atom is -0.352 e. The van der Waals surface area contributed by atoms with Crippen LogP contribution in [-0.2, 0) is 6.54 Å². The Hall–Kier alpha value is -3.55. The van der Waals surface area contributed by atoms with Crippen LogP contribution in [0, 0.1) is 6.92 Å². The molecule has 0 radical (unpaired) electrons. The normalized spacial score (nSPS) is 14.0. The molecule has 1 aromatic carbocycles. The molecule has 8 nitrogen and oxygen atoms in total. The molecule has 1 N–H and O–H groups in total. The van der Waals surface area contributed by atoms with Crippen molar-refractivity contribution in [1.82, 2.24) is 25.3 Å². The van der Waals surface area contributed by atoms with Crippen LogP contribution in [0.1, 0.15) is 21.6 Å². The molecule has 1 amide bonds. The van der Waals surface area contributed by atoms with Crippen LogP contribution in [0.3, 0.4) is 0 Å². The lowest BCUT2D eigenvalue weighted by Gasteiger charge is -2.35. The van der Waals surface area contributed by atoms with Gasteiger partial charge < -0.3 is 15.1 Å². The molecule has 148 valence electrons. The van der Waals surface area contributed by atoms with Gasteiger partial charge in [-0.3, -0.25) is 4.79 Å². The summed E-state index contributed by atoms with van der Waals surface area (Å²) in [7, 11) is 0. The number of aromatic nitrogens is 4. The Morgan fingerprint density at radius 2 is 1.72 bits per heavy atom. The molecule has 0 bridgehead atoms. The van der Waals surface area contributed by atoms with E-state index < -0.39 is 0 Å². The summed E-state index contributed by atoms with van der Waals surface area (Å²) in [6.45, 7) is 5.71. The third-order valence-electron chi connectivity index (χ3n) is 4.85. The Bertz CT molecular complexity index is 954. The van der Waals surface area contributed by atoms with Crippen molar-refractivity contribution in [3.05, 3.63) is 71.9 Å². The van der Waals surface area contributed by atoms with E-state index >= 15 is 0 Å². The number of hydrogen-bond donors (Lipinski definition) is 1. The van der Waals surface area contributed by atoms with E-state index in [4.69, 9.17) is 0 Å². The smallest absolute Gasteiger partial charge is 0.271 e. The maximum absolute atomic E-state index is 12.3. The van der Waals surface area contributed by atoms with Crippen molar-refractivity contribution in [3.63, 3.8) is 0 Å². The molecule has 0 atom stereocenters. The Morgan fingerprint density at radius 1 is 0.966 bits per heavy atom. The first kappa shape index (κ1) is 18.8. The van der Waals surface area contributed by atoms with Crippen molar-refractivity contribution >= 4 is 17.7 Å². The van der Waals surface area contributed by atoms with Crippen LogP contribution in [-0.4, -0.2) is 52.0 Å². The van der Waals surface area contributed by atoms with Crippen molar-refractivity contribution in [2.45, 2.75) is 13.5 Å². The highest BCUT2D eigenvalue weighted by molar-refractivity contribution is 5.91. The summed E-state index contributed by atoms with van der Waals surface area (Å²) >= 11 is 0. The lowest BCUT2D eigenvalue weighted by Crippen LogP contribution is -2.47. The topological polar surface area (TPSA) is 87.1 Å². The van der Waals surface area contributed by atoms with E-state index in [1.165, 1.54) is 11.8 Å². The molecule has 0 saturated carbocycles. The van der Waals surface area contributed by atoms with E-state index in [2.05, 4.69) is 41.1 Å². The molecule has 0 unspecified atom stereocenters. The third-order valence-corrected chi connectivity index (χ3v) is 4.85. The molecule has 3 aromatic rings. The average molecular weight is 389 g/mol. The Balaban J connectivity index is 1.31. The second-order valence-electron chi connectivity index (χ2n) is 6.95. The molecule has 1 saturated heterocycles. The number of benzene rings is 1. The van der Waals surface area contributed by atoms with Gasteiger partial charge in [-0.05, 0) is 18.6 Å². The van der Waals surface area contributed by atoms with Gasteiger partial charge in [-0.15, -0.1) is 0 Å². The van der Waals surface area contributed by atoms with Crippen LogP contribution in [0.25, 0.3) is 0 Å². The van der Waals surface area contributed by atoms with E-state index in [9.17, 15) is 4.79 Å². The van der Waals surface area contributed by atoms with Gasteiger partial charge in [0, 0.05) is 45.1 Å². The number of anilines is 2. The summed E-state index contributed by atoms with van der Waals surface area (Å²) in [6.07, 6.45) is 6.70. The van der Waals surface area contributed by atoms with Crippen LogP contribution in [0.5, 0.6) is 0 Å². The number of nitrogens with zero attached hydrogens (tertiary/aromatic N) is 6. The fourth-order valence-electron chi connectivity index (χ4n) is 3.29. The van der Waals surface area contributed by atoms with Crippen LogP contribution < -0.4 is 15.1 Å². The molecular formula is C21H23N7O. The molecular weight excluding hydrogens is 366 g/mol. The van der Waals surface area contributed by atoms with Crippen LogP contribution in [0.2, 0.25) is 0 Å². The van der Waals surface area contributed by atoms with Crippen molar-refractivity contribution < 1.29 is 4.79 Å². The number of aryl methyl sites for hydroxylation is 1. The van der Waals surface area contributed by atoms with Crippen LogP contribution in [0.4, 0.5) is 11.8 Å². The van der Waals surface area contributed by atoms with Gasteiger partial charge in [0.1, 0.15) is 11.5 Å². The highest BCUT2D eigenvalue weighted by Gasteiger charge is 2.20. The van der Waals surface area contributed by atoms with Gasteiger partial charge in [0.2, 0.25) is 5.95 Å². The maximum atomic E-state index is 12.3. The van der Waals surface area contributed by atoms with Gasteiger partial charge in [-0.2, -0.15) is 0 Å². The van der Waals surface area contributed by atoms with Gasteiger partial charge >= 0.3 is 0 Å². The van der Waals surface area contributed by atoms with Crippen LogP contribution >= 0.6 is 0 Å². The molecule has 1 aliphatic rings. The van der Waals surface area contributed by atoms with E-state index in [-0.39, 0.29) is 5.91 Å². The largest absolute Gasteiger partial charge is 0.352 e. The monoisotopic (exact) mass is 389 g/mol. The molecule has 1 aliphatic heterocycles. The predicted octanol–water partition coefficient (Wildman–Crippen LogP) is 1.83. The van der Waals surface area contributed by atoms with E-state index in [1.807, 2.05) is 31.2 Å². The Kier molecular flexibility index (Phi) is 5.60. The minimum atomic E-state index is -0.225. The van der Waals surface area contributed by atoms with Gasteiger partial charge in [-0.25, -0.2) is 19.9 Å². The molecule has 4 rings (SSSR count). The highest BCUT2D eigenvalue weighted by atomic mass is 16.1. The molecule has 3 heterocycles. The number of carbonyl (C=O) groups is 1. The van der Waals surface area contributed by atoms with Gasteiger partial charge in [0.25, 0.3) is 5.91 Å². The highest BCUT2D eigenvalue weighted by Crippen LogP contribution is 2.15. The fourth-order valence-corrected chi connectivity index (χ4v) is 3.29. The molecule has 1 fully saturated rings. The molecule has 2 aromatic heterocycles. The summed E-state index contributed by atoms with van der Waals surface area (Å²) in [5, 5.41) is 2.89. The van der Waals surface area contributed by atoms with E-state index in [0.717, 1.165) is 43.5 Å². The predicted molar refractivity (Wildman–Crippen MR) is 111 cm³/mol. The van der Waals surface area contributed by atoms with E-state index in [1.54, 1.807) is 18.6 Å². The second kappa shape index (κ2) is 8.64. The first-order valence-electron chi connectivity index (χ1n) is 9.62. The SMILES string of the molecule is Cc1cccc(CNC(=O)c2cnc(N3CCN(c4ncccn4)CC3)cn2)c1. The zero-order valence-electron chi connectivity index (χ0n) is 16.3. The summed E-state index contributed by atoms with van der Waals surface area (Å²) in [4.78, 5) is 34.0. The first-order chi connectivity index (χ1) is 14.2. The summed E-state index contributed by atoms with van der Waals surface area (Å²) in [5.74, 6) is 1.30. The number of hydrogen-bond acceptors (Lipinski definition) is 7. The van der Waals surface area contributed by atoms with Gasteiger partial charge in [0.15, 0.2) is 0 Å². The van der Waals surface area contributed by atoms with Crippen molar-refractivity contribution in [2.75, 3.05) is 36.0 Å². The maximum Gasteiger partial charge on any atom is 0.271 e. The lowest BCUT2D eigenvalue weighted by atomic mass is 10.1. The van der Waals surface area contributed by atoms with Crippen molar-refractivity contribution in [1.29, 1.82) is 0 Å². The fraction of sp³-hybridized carbons (Fsp3) is 0.286. The number of amides is 1. The lowest BCUT2D eigenvalue weighted by molar-refractivity contribution is 0.0945. The molecule has 8 heteroatoms. The van der Waals surface area contributed by atoms with Crippen LogP contribution in [0.15, 0.2) is 55.1 Å². The van der Waals surface area contributed by atoms with Crippen molar-refractivity contribution in [2.24, 2.45) is 0 Å². The summed E-state index contributed by atoms with van der Waals surface area (Å²) in [5.41, 5.74) is 2.54. The number of carbonyl (C=O) groups excluding carboxylic acids is 1. The number of piperazine rings is 1. The Labute approximate surface area is 169 Å². The van der Waals surface area contributed by atoms with E-state index in [0.29, 0.717) is 12.2 Å². The first-order valence-corrected chi connectivity index (χ1v) is 9.62. The Morgan fingerprint density at radius 3 is 2.41 bits per heavy atom. The third kappa shape index (κ3) is 4.66. The second-order valence-corrected chi connectivity index (χ2v) is 6.95. The molecule has 0 aliphatic carbocycles. The van der Waals surface area contributed by atoms with Gasteiger partial charge in [0.05, 0.1) is 12.4 Å². The standard InChI is InChI=1S/C21H23N7O/c1-16-4-2-5-17(12-16)13-26-20(29)18-14-25-19(15-24-18)27-8-10-28(11-9-27)21-22-6-3-7-23-21/h2-7,12,14-15H,8-11,13H2,1H3,(H,26,29). The number of nitrogens with one attached hydrogen (secondary N) is 1. The van der Waals surface area contributed by atoms with Crippen molar-refractivity contribution in [3.8, 4) is 0 Å². The average Bonchev–Trinajstić information content (AvgIpc) is 2.78. The molecule has 29 heavy (non-hydrogen) atoms. The zero-order chi connectivity index (χ0) is 20.1. The minimum absolute atomic E-state index is 0.225. The zero-order valence-corrected chi connectivity index (χ0v) is 16.3. The number of rotatable bonds is 5.